The van der Waals surface area contributed by atoms with Crippen LogP contribution in [-0.2, 0) is 11.3 Å². The van der Waals surface area contributed by atoms with Crippen molar-refractivity contribution in [1.29, 1.82) is 0 Å². The monoisotopic (exact) mass is 411 g/mol. The second kappa shape index (κ2) is 11.1. The molecule has 0 radical (unpaired) electrons. The van der Waals surface area contributed by atoms with Crippen LogP contribution in [0.15, 0.2) is 54.6 Å². The predicted molar refractivity (Wildman–Crippen MR) is 119 cm³/mol. The van der Waals surface area contributed by atoms with Crippen molar-refractivity contribution in [3.63, 3.8) is 0 Å². The van der Waals surface area contributed by atoms with Gasteiger partial charge in [-0.2, -0.15) is 0 Å². The van der Waals surface area contributed by atoms with Gasteiger partial charge in [0, 0.05) is 44.8 Å². The van der Waals surface area contributed by atoms with Crippen molar-refractivity contribution in [1.82, 2.24) is 14.7 Å². The van der Waals surface area contributed by atoms with Gasteiger partial charge in [-0.1, -0.05) is 30.3 Å². The first kappa shape index (κ1) is 22.3. The Bertz CT molecular complexity index is 780. The van der Waals surface area contributed by atoms with Crippen LogP contribution in [0.3, 0.4) is 0 Å². The fourth-order valence-corrected chi connectivity index (χ4v) is 3.63. The molecule has 0 aromatic heterocycles. The quantitative estimate of drug-likeness (QED) is 0.635. The van der Waals surface area contributed by atoms with Crippen LogP contribution in [0.2, 0.25) is 0 Å². The summed E-state index contributed by atoms with van der Waals surface area (Å²) in [4.78, 5) is 19.5. The Hall–Kier alpha value is -2.41. The van der Waals surface area contributed by atoms with Crippen LogP contribution in [0.1, 0.15) is 15.9 Å². The van der Waals surface area contributed by atoms with Gasteiger partial charge in [0.1, 0.15) is 5.75 Å². The summed E-state index contributed by atoms with van der Waals surface area (Å²) in [6, 6.07) is 17.7. The highest BCUT2D eigenvalue weighted by Crippen LogP contribution is 2.16. The largest absolute Gasteiger partial charge is 0.497 e. The summed E-state index contributed by atoms with van der Waals surface area (Å²) >= 11 is 0. The Labute approximate surface area is 180 Å². The zero-order chi connectivity index (χ0) is 21.3. The van der Waals surface area contributed by atoms with Crippen molar-refractivity contribution >= 4 is 5.91 Å². The lowest BCUT2D eigenvalue weighted by molar-refractivity contribution is -0.0432. The minimum absolute atomic E-state index is 0.00632. The molecule has 0 bridgehead atoms. The number of morpholine rings is 1. The predicted octanol–water partition coefficient (Wildman–Crippen LogP) is 2.60. The summed E-state index contributed by atoms with van der Waals surface area (Å²) in [5.41, 5.74) is 1.98. The van der Waals surface area contributed by atoms with E-state index in [2.05, 4.69) is 21.9 Å². The molecular formula is C24H33N3O3. The molecule has 3 rings (SSSR count). The Balaban J connectivity index is 1.61. The van der Waals surface area contributed by atoms with E-state index in [9.17, 15) is 4.79 Å². The maximum atomic E-state index is 13.1. The molecule has 30 heavy (non-hydrogen) atoms. The van der Waals surface area contributed by atoms with Crippen LogP contribution >= 0.6 is 0 Å². The summed E-state index contributed by atoms with van der Waals surface area (Å²) in [5, 5.41) is 0. The number of likely N-dealkylation sites (N-methyl/N-ethyl adjacent to an activating group) is 1. The summed E-state index contributed by atoms with van der Waals surface area (Å²) in [6.45, 7) is 5.36. The van der Waals surface area contributed by atoms with Crippen LogP contribution in [0, 0.1) is 0 Å². The highest BCUT2D eigenvalue weighted by Gasteiger charge is 2.25. The van der Waals surface area contributed by atoms with E-state index in [0.29, 0.717) is 19.7 Å². The van der Waals surface area contributed by atoms with E-state index in [1.54, 1.807) is 7.11 Å². The van der Waals surface area contributed by atoms with Gasteiger partial charge >= 0.3 is 0 Å². The molecule has 0 saturated carbocycles. The van der Waals surface area contributed by atoms with Crippen LogP contribution in [0.5, 0.6) is 5.75 Å². The van der Waals surface area contributed by atoms with E-state index < -0.39 is 0 Å². The van der Waals surface area contributed by atoms with Crippen molar-refractivity contribution in [3.05, 3.63) is 65.7 Å². The topological polar surface area (TPSA) is 45.3 Å². The molecule has 0 N–H and O–H groups in total. The Morgan fingerprint density at radius 3 is 2.50 bits per heavy atom. The Morgan fingerprint density at radius 1 is 1.10 bits per heavy atom. The maximum absolute atomic E-state index is 13.1. The van der Waals surface area contributed by atoms with Crippen molar-refractivity contribution in [2.75, 3.05) is 60.5 Å². The lowest BCUT2D eigenvalue weighted by atomic mass is 10.1. The lowest BCUT2D eigenvalue weighted by Gasteiger charge is -2.36. The van der Waals surface area contributed by atoms with Gasteiger partial charge in [-0.05, 0) is 43.9 Å². The van der Waals surface area contributed by atoms with Gasteiger partial charge in [0.25, 0.3) is 5.91 Å². The van der Waals surface area contributed by atoms with Gasteiger partial charge < -0.3 is 19.3 Å². The molecular weight excluding hydrogens is 378 g/mol. The number of nitrogens with zero attached hydrogens (tertiary/aromatic N) is 3. The lowest BCUT2D eigenvalue weighted by Crippen LogP contribution is -2.49. The number of hydrogen-bond acceptors (Lipinski definition) is 5. The Kier molecular flexibility index (Phi) is 8.25. The third kappa shape index (κ3) is 6.55. The first-order chi connectivity index (χ1) is 14.5. The normalized spacial score (nSPS) is 17.1. The fourth-order valence-electron chi connectivity index (χ4n) is 3.63. The number of ether oxygens (including phenoxy) is 2. The van der Waals surface area contributed by atoms with Gasteiger partial charge in [-0.15, -0.1) is 0 Å². The highest BCUT2D eigenvalue weighted by atomic mass is 16.5. The summed E-state index contributed by atoms with van der Waals surface area (Å²) in [6.07, 6.45) is 0.00632. The van der Waals surface area contributed by atoms with E-state index in [1.807, 2.05) is 61.5 Å². The van der Waals surface area contributed by atoms with Gasteiger partial charge in [0.05, 0.1) is 19.8 Å². The smallest absolute Gasteiger partial charge is 0.253 e. The van der Waals surface area contributed by atoms with E-state index in [-0.39, 0.29) is 12.0 Å². The number of rotatable bonds is 9. The second-order valence-electron chi connectivity index (χ2n) is 8.00. The average molecular weight is 412 g/mol. The zero-order valence-corrected chi connectivity index (χ0v) is 18.3. The standard InChI is InChI=1S/C24H33N3O3/c1-25(2)13-14-27(24(28)21-7-5-4-6-8-21)19-23-18-26(15-16-30-23)17-20-9-11-22(29-3)12-10-20/h4-12,23H,13-19H2,1-3H3. The molecule has 1 fully saturated rings. The maximum Gasteiger partial charge on any atom is 0.253 e. The number of carbonyl (C=O) groups is 1. The number of hydrogen-bond donors (Lipinski definition) is 0. The molecule has 6 nitrogen and oxygen atoms in total. The van der Waals surface area contributed by atoms with Gasteiger partial charge in [0.15, 0.2) is 0 Å². The van der Waals surface area contributed by atoms with Crippen molar-refractivity contribution in [3.8, 4) is 5.75 Å². The molecule has 1 unspecified atom stereocenters. The van der Waals surface area contributed by atoms with Crippen LogP contribution in [0.4, 0.5) is 0 Å². The molecule has 1 atom stereocenters. The minimum Gasteiger partial charge on any atom is -0.497 e. The molecule has 2 aromatic carbocycles. The van der Waals surface area contributed by atoms with E-state index in [4.69, 9.17) is 9.47 Å². The molecule has 162 valence electrons. The van der Waals surface area contributed by atoms with Gasteiger partial charge in [-0.25, -0.2) is 0 Å². The number of amides is 1. The molecule has 6 heteroatoms. The first-order valence-corrected chi connectivity index (χ1v) is 10.5. The SMILES string of the molecule is COc1ccc(CN2CCOC(CN(CCN(C)C)C(=O)c3ccccc3)C2)cc1. The molecule has 0 aliphatic carbocycles. The molecule has 1 aliphatic rings. The van der Waals surface area contributed by atoms with Crippen LogP contribution < -0.4 is 4.74 Å². The van der Waals surface area contributed by atoms with Gasteiger partial charge in [-0.3, -0.25) is 9.69 Å². The summed E-state index contributed by atoms with van der Waals surface area (Å²) in [5.74, 6) is 0.933. The van der Waals surface area contributed by atoms with E-state index in [0.717, 1.165) is 37.5 Å². The summed E-state index contributed by atoms with van der Waals surface area (Å²) < 4.78 is 11.3. The molecule has 1 heterocycles. The number of methoxy groups -OCH3 is 1. The molecule has 1 saturated heterocycles. The van der Waals surface area contributed by atoms with Crippen molar-refractivity contribution in [2.24, 2.45) is 0 Å². The third-order valence-corrected chi connectivity index (χ3v) is 5.34. The first-order valence-electron chi connectivity index (χ1n) is 10.5. The molecule has 0 spiro atoms. The molecule has 2 aromatic rings. The third-order valence-electron chi connectivity index (χ3n) is 5.34. The number of carbonyl (C=O) groups excluding carboxylic acids is 1. The minimum atomic E-state index is 0.00632. The Morgan fingerprint density at radius 2 is 1.83 bits per heavy atom. The summed E-state index contributed by atoms with van der Waals surface area (Å²) in [7, 11) is 5.73. The second-order valence-corrected chi connectivity index (χ2v) is 8.00. The van der Waals surface area contributed by atoms with Crippen molar-refractivity contribution in [2.45, 2.75) is 12.6 Å². The van der Waals surface area contributed by atoms with Crippen molar-refractivity contribution < 1.29 is 14.3 Å². The highest BCUT2D eigenvalue weighted by molar-refractivity contribution is 5.94. The van der Waals surface area contributed by atoms with Gasteiger partial charge in [0.2, 0.25) is 0 Å². The number of benzene rings is 2. The van der Waals surface area contributed by atoms with E-state index in [1.165, 1.54) is 5.56 Å². The van der Waals surface area contributed by atoms with Crippen LogP contribution in [-0.4, -0.2) is 87.2 Å². The van der Waals surface area contributed by atoms with E-state index >= 15 is 0 Å². The van der Waals surface area contributed by atoms with Crippen LogP contribution in [0.25, 0.3) is 0 Å². The molecule has 1 amide bonds. The fraction of sp³-hybridized carbons (Fsp3) is 0.458. The zero-order valence-electron chi connectivity index (χ0n) is 18.3. The molecule has 1 aliphatic heterocycles. The average Bonchev–Trinajstić information content (AvgIpc) is 2.77.